The lowest BCUT2D eigenvalue weighted by Gasteiger charge is -2.16. The van der Waals surface area contributed by atoms with Gasteiger partial charge < -0.3 is 11.1 Å². The summed E-state index contributed by atoms with van der Waals surface area (Å²) in [6.45, 7) is 2.65. The molecule has 1 rings (SSSR count). The SMILES string of the molecule is CCC(CN)Nc1ccccc1C#N. The van der Waals surface area contributed by atoms with Crippen LogP contribution in [0.2, 0.25) is 0 Å². The van der Waals surface area contributed by atoms with Crippen molar-refractivity contribution in [2.75, 3.05) is 11.9 Å². The summed E-state index contributed by atoms with van der Waals surface area (Å²) in [5.41, 5.74) is 7.11. The first-order valence-corrected chi connectivity index (χ1v) is 4.77. The molecular formula is C11H15N3. The molecule has 0 bridgehead atoms. The molecule has 3 heteroatoms. The van der Waals surface area contributed by atoms with E-state index in [1.54, 1.807) is 6.07 Å². The zero-order chi connectivity index (χ0) is 10.4. The Kier molecular flexibility index (Phi) is 3.96. The minimum absolute atomic E-state index is 0.240. The van der Waals surface area contributed by atoms with Crippen LogP contribution in [0.15, 0.2) is 24.3 Å². The van der Waals surface area contributed by atoms with Crippen LogP contribution in [0.25, 0.3) is 0 Å². The van der Waals surface area contributed by atoms with E-state index in [2.05, 4.69) is 18.3 Å². The van der Waals surface area contributed by atoms with Crippen molar-refractivity contribution < 1.29 is 0 Å². The number of benzene rings is 1. The van der Waals surface area contributed by atoms with Crippen LogP contribution in [0.4, 0.5) is 5.69 Å². The highest BCUT2D eigenvalue weighted by Gasteiger charge is 2.05. The first-order chi connectivity index (χ1) is 6.81. The lowest BCUT2D eigenvalue weighted by atomic mass is 10.1. The van der Waals surface area contributed by atoms with Crippen molar-refractivity contribution >= 4 is 5.69 Å². The predicted octanol–water partition coefficient (Wildman–Crippen LogP) is 1.71. The van der Waals surface area contributed by atoms with Gasteiger partial charge in [-0.2, -0.15) is 5.26 Å². The number of nitriles is 1. The minimum Gasteiger partial charge on any atom is -0.380 e. The van der Waals surface area contributed by atoms with E-state index in [-0.39, 0.29) is 6.04 Å². The van der Waals surface area contributed by atoms with Gasteiger partial charge in [-0.1, -0.05) is 19.1 Å². The number of nitrogens with zero attached hydrogens (tertiary/aromatic N) is 1. The molecule has 0 aliphatic heterocycles. The molecule has 0 amide bonds. The highest BCUT2D eigenvalue weighted by molar-refractivity contribution is 5.57. The van der Waals surface area contributed by atoms with Crippen molar-refractivity contribution in [3.63, 3.8) is 0 Å². The van der Waals surface area contributed by atoms with Crippen molar-refractivity contribution in [3.05, 3.63) is 29.8 Å². The Balaban J connectivity index is 2.80. The standard InChI is InChI=1S/C11H15N3/c1-2-10(8-13)14-11-6-4-3-5-9(11)7-12/h3-6,10,14H,2,8,13H2,1H3. The molecule has 0 fully saturated rings. The summed E-state index contributed by atoms with van der Waals surface area (Å²) in [6.07, 6.45) is 0.955. The molecule has 0 heterocycles. The molecule has 0 radical (unpaired) electrons. The maximum absolute atomic E-state index is 8.86. The maximum Gasteiger partial charge on any atom is 0.101 e. The summed E-state index contributed by atoms with van der Waals surface area (Å²) in [4.78, 5) is 0. The molecule has 3 nitrogen and oxygen atoms in total. The van der Waals surface area contributed by atoms with E-state index in [1.165, 1.54) is 0 Å². The third-order valence-electron chi connectivity index (χ3n) is 2.18. The van der Waals surface area contributed by atoms with E-state index in [0.717, 1.165) is 12.1 Å². The lowest BCUT2D eigenvalue weighted by Crippen LogP contribution is -2.28. The fourth-order valence-electron chi connectivity index (χ4n) is 1.25. The average Bonchev–Trinajstić information content (AvgIpc) is 2.26. The third kappa shape index (κ3) is 2.48. The highest BCUT2D eigenvalue weighted by atomic mass is 14.9. The second kappa shape index (κ2) is 5.25. The first kappa shape index (κ1) is 10.6. The van der Waals surface area contributed by atoms with Crippen molar-refractivity contribution in [2.24, 2.45) is 5.73 Å². The van der Waals surface area contributed by atoms with Gasteiger partial charge in [-0.25, -0.2) is 0 Å². The number of rotatable bonds is 4. The summed E-state index contributed by atoms with van der Waals surface area (Å²) in [6, 6.07) is 9.85. The van der Waals surface area contributed by atoms with E-state index in [1.807, 2.05) is 18.2 Å². The van der Waals surface area contributed by atoms with Crippen LogP contribution in [-0.4, -0.2) is 12.6 Å². The molecule has 0 spiro atoms. The monoisotopic (exact) mass is 189 g/mol. The van der Waals surface area contributed by atoms with Gasteiger partial charge in [0.25, 0.3) is 0 Å². The molecule has 3 N–H and O–H groups in total. The van der Waals surface area contributed by atoms with Gasteiger partial charge in [0.1, 0.15) is 6.07 Å². The molecule has 0 aliphatic rings. The topological polar surface area (TPSA) is 61.8 Å². The molecule has 0 aliphatic carbocycles. The normalized spacial score (nSPS) is 11.8. The van der Waals surface area contributed by atoms with Crippen LogP contribution in [0.5, 0.6) is 0 Å². The van der Waals surface area contributed by atoms with Crippen molar-refractivity contribution in [1.29, 1.82) is 5.26 Å². The van der Waals surface area contributed by atoms with Gasteiger partial charge in [0.2, 0.25) is 0 Å². The van der Waals surface area contributed by atoms with Crippen LogP contribution in [-0.2, 0) is 0 Å². The molecular weight excluding hydrogens is 174 g/mol. The van der Waals surface area contributed by atoms with Gasteiger partial charge in [-0.3, -0.25) is 0 Å². The number of hydrogen-bond acceptors (Lipinski definition) is 3. The van der Waals surface area contributed by atoms with Gasteiger partial charge in [-0.15, -0.1) is 0 Å². The molecule has 14 heavy (non-hydrogen) atoms. The minimum atomic E-state index is 0.240. The fraction of sp³-hybridized carbons (Fsp3) is 0.364. The zero-order valence-corrected chi connectivity index (χ0v) is 8.33. The summed E-state index contributed by atoms with van der Waals surface area (Å²) < 4.78 is 0. The third-order valence-corrected chi connectivity index (χ3v) is 2.18. The molecule has 0 saturated heterocycles. The Bertz CT molecular complexity index is 324. The number of nitrogens with two attached hydrogens (primary N) is 1. The summed E-state index contributed by atoms with van der Waals surface area (Å²) in [7, 11) is 0. The highest BCUT2D eigenvalue weighted by Crippen LogP contribution is 2.15. The second-order valence-corrected chi connectivity index (χ2v) is 3.14. The Hall–Kier alpha value is -1.53. The van der Waals surface area contributed by atoms with E-state index in [0.29, 0.717) is 12.1 Å². The van der Waals surface area contributed by atoms with Crippen LogP contribution in [0, 0.1) is 11.3 Å². The van der Waals surface area contributed by atoms with Gasteiger partial charge >= 0.3 is 0 Å². The Morgan fingerprint density at radius 2 is 2.21 bits per heavy atom. The second-order valence-electron chi connectivity index (χ2n) is 3.14. The van der Waals surface area contributed by atoms with Gasteiger partial charge in [0, 0.05) is 12.6 Å². The summed E-state index contributed by atoms with van der Waals surface area (Å²) in [5, 5.41) is 12.1. The van der Waals surface area contributed by atoms with Crippen molar-refractivity contribution in [2.45, 2.75) is 19.4 Å². The van der Waals surface area contributed by atoms with Crippen molar-refractivity contribution in [1.82, 2.24) is 0 Å². The smallest absolute Gasteiger partial charge is 0.101 e. The Morgan fingerprint density at radius 3 is 2.79 bits per heavy atom. The Labute approximate surface area is 84.5 Å². The molecule has 1 unspecified atom stereocenters. The number of hydrogen-bond donors (Lipinski definition) is 2. The summed E-state index contributed by atoms with van der Waals surface area (Å²) >= 11 is 0. The van der Waals surface area contributed by atoms with E-state index >= 15 is 0 Å². The Morgan fingerprint density at radius 1 is 1.50 bits per heavy atom. The quantitative estimate of drug-likeness (QED) is 0.758. The molecule has 1 atom stereocenters. The molecule has 1 aromatic carbocycles. The number of nitrogens with one attached hydrogen (secondary N) is 1. The first-order valence-electron chi connectivity index (χ1n) is 4.77. The lowest BCUT2D eigenvalue weighted by molar-refractivity contribution is 0.703. The average molecular weight is 189 g/mol. The van der Waals surface area contributed by atoms with E-state index < -0.39 is 0 Å². The molecule has 74 valence electrons. The predicted molar refractivity (Wildman–Crippen MR) is 57.9 cm³/mol. The number of anilines is 1. The van der Waals surface area contributed by atoms with Crippen LogP contribution < -0.4 is 11.1 Å². The fourth-order valence-corrected chi connectivity index (χ4v) is 1.25. The molecule has 1 aromatic rings. The largest absolute Gasteiger partial charge is 0.380 e. The van der Waals surface area contributed by atoms with Crippen LogP contribution in [0.1, 0.15) is 18.9 Å². The van der Waals surface area contributed by atoms with E-state index in [9.17, 15) is 0 Å². The van der Waals surface area contributed by atoms with E-state index in [4.69, 9.17) is 11.0 Å². The molecule has 0 saturated carbocycles. The van der Waals surface area contributed by atoms with Gasteiger partial charge in [-0.05, 0) is 18.6 Å². The summed E-state index contributed by atoms with van der Waals surface area (Å²) in [5.74, 6) is 0. The zero-order valence-electron chi connectivity index (χ0n) is 8.33. The maximum atomic E-state index is 8.86. The molecule has 0 aromatic heterocycles. The number of para-hydroxylation sites is 1. The van der Waals surface area contributed by atoms with Gasteiger partial charge in [0.15, 0.2) is 0 Å². The van der Waals surface area contributed by atoms with Gasteiger partial charge in [0.05, 0.1) is 11.3 Å². The van der Waals surface area contributed by atoms with Crippen LogP contribution >= 0.6 is 0 Å². The van der Waals surface area contributed by atoms with Crippen LogP contribution in [0.3, 0.4) is 0 Å². The van der Waals surface area contributed by atoms with Crippen molar-refractivity contribution in [3.8, 4) is 6.07 Å².